The molecule has 3 rings (SSSR count). The van der Waals surface area contributed by atoms with Crippen LogP contribution in [-0.2, 0) is 19.2 Å². The zero-order valence-electron chi connectivity index (χ0n) is 20.5. The molecule has 0 spiro atoms. The molecule has 4 N–H and O–H groups in total. The largest absolute Gasteiger partial charge is 0.479 e. The maximum Gasteiger partial charge on any atom is 0.471 e. The maximum atomic E-state index is 13.5. The van der Waals surface area contributed by atoms with Gasteiger partial charge in [-0.05, 0) is 35.0 Å². The molecular weight excluding hydrogens is 471 g/mol. The number of carbonyl (C=O) groups is 4. The van der Waals surface area contributed by atoms with Gasteiger partial charge in [0.1, 0.15) is 12.1 Å². The van der Waals surface area contributed by atoms with Crippen molar-refractivity contribution in [2.24, 2.45) is 28.6 Å². The minimum Gasteiger partial charge on any atom is -0.479 e. The van der Waals surface area contributed by atoms with E-state index in [4.69, 9.17) is 0 Å². The smallest absolute Gasteiger partial charge is 0.471 e. The topological polar surface area (TPSA) is 136 Å². The number of alkyl halides is 3. The van der Waals surface area contributed by atoms with E-state index in [-0.39, 0.29) is 36.1 Å². The van der Waals surface area contributed by atoms with Crippen LogP contribution in [0.1, 0.15) is 53.9 Å². The summed E-state index contributed by atoms with van der Waals surface area (Å²) in [5.41, 5.74) is -1.39. The van der Waals surface area contributed by atoms with Crippen LogP contribution in [0.3, 0.4) is 0 Å². The normalized spacial score (nSPS) is 27.9. The van der Waals surface area contributed by atoms with Crippen molar-refractivity contribution in [1.82, 2.24) is 15.5 Å². The van der Waals surface area contributed by atoms with E-state index in [2.05, 4.69) is 5.32 Å². The number of aliphatic hydroxyl groups is 1. The molecule has 198 valence electrons. The third kappa shape index (κ3) is 5.57. The second kappa shape index (κ2) is 8.94. The summed E-state index contributed by atoms with van der Waals surface area (Å²) >= 11 is 0. The molecule has 12 heteroatoms. The van der Waals surface area contributed by atoms with E-state index < -0.39 is 59.5 Å². The molecule has 1 saturated heterocycles. The highest BCUT2D eigenvalue weighted by molar-refractivity contribution is 5.95. The number of aliphatic hydroxyl groups excluding tert-OH is 1. The van der Waals surface area contributed by atoms with Gasteiger partial charge in [0.15, 0.2) is 6.10 Å². The summed E-state index contributed by atoms with van der Waals surface area (Å²) < 4.78 is 38.8. The Morgan fingerprint density at radius 1 is 1.09 bits per heavy atom. The monoisotopic (exact) mass is 505 g/mol. The highest BCUT2D eigenvalue weighted by Gasteiger charge is 2.70. The predicted molar refractivity (Wildman–Crippen MR) is 117 cm³/mol. The van der Waals surface area contributed by atoms with Crippen molar-refractivity contribution in [2.75, 3.05) is 6.54 Å². The molecule has 3 amide bonds. The number of hydrogen-bond donors (Lipinski definition) is 4. The summed E-state index contributed by atoms with van der Waals surface area (Å²) in [5.74, 6) is -5.37. The van der Waals surface area contributed by atoms with Crippen molar-refractivity contribution >= 4 is 23.7 Å². The summed E-state index contributed by atoms with van der Waals surface area (Å²) in [6.07, 6.45) is -5.03. The number of rotatable bonds is 8. The number of aliphatic carboxylic acids is 1. The summed E-state index contributed by atoms with van der Waals surface area (Å²) in [6.45, 7) is 8.50. The van der Waals surface area contributed by atoms with Gasteiger partial charge in [-0.1, -0.05) is 47.5 Å². The first-order chi connectivity index (χ1) is 15.9. The molecule has 0 radical (unpaired) electrons. The van der Waals surface area contributed by atoms with Gasteiger partial charge in [-0.25, -0.2) is 4.79 Å². The molecule has 6 atom stereocenters. The van der Waals surface area contributed by atoms with Gasteiger partial charge in [0, 0.05) is 6.54 Å². The Morgan fingerprint density at radius 3 is 2.11 bits per heavy atom. The lowest BCUT2D eigenvalue weighted by atomic mass is 9.85. The highest BCUT2D eigenvalue weighted by atomic mass is 19.4. The minimum absolute atomic E-state index is 0.0765. The van der Waals surface area contributed by atoms with Gasteiger partial charge >= 0.3 is 18.1 Å². The number of amides is 3. The Labute approximate surface area is 201 Å². The lowest BCUT2D eigenvalue weighted by Crippen LogP contribution is -2.61. The van der Waals surface area contributed by atoms with E-state index in [1.807, 2.05) is 13.8 Å². The molecule has 1 heterocycles. The molecule has 0 aromatic rings. The molecule has 2 aliphatic carbocycles. The fourth-order valence-corrected chi connectivity index (χ4v) is 5.26. The molecule has 2 saturated carbocycles. The van der Waals surface area contributed by atoms with Gasteiger partial charge < -0.3 is 25.7 Å². The number of halogens is 3. The van der Waals surface area contributed by atoms with E-state index in [9.17, 15) is 42.6 Å². The lowest BCUT2D eigenvalue weighted by Gasteiger charge is -2.38. The Morgan fingerprint density at radius 2 is 1.66 bits per heavy atom. The van der Waals surface area contributed by atoms with E-state index in [1.54, 1.807) is 5.32 Å². The van der Waals surface area contributed by atoms with E-state index >= 15 is 0 Å². The number of likely N-dealkylation sites (tertiary alicyclic amines) is 1. The lowest BCUT2D eigenvalue weighted by molar-refractivity contribution is -0.176. The molecule has 2 unspecified atom stereocenters. The van der Waals surface area contributed by atoms with Crippen molar-refractivity contribution in [3.05, 3.63) is 0 Å². The van der Waals surface area contributed by atoms with Crippen LogP contribution in [0.25, 0.3) is 0 Å². The van der Waals surface area contributed by atoms with Gasteiger partial charge in [0.25, 0.3) is 0 Å². The SMILES string of the molecule is CC(C)(C)[C@H](NC(=O)C(F)(F)F)C(=O)N1C[C@H]2[C@@H]([C@H]1C(=O)NC(CC1CC1)C(O)C(=O)O)C2(C)C. The molecule has 3 fully saturated rings. The zero-order valence-corrected chi connectivity index (χ0v) is 20.5. The Bertz CT molecular complexity index is 896. The van der Waals surface area contributed by atoms with Crippen LogP contribution in [0.15, 0.2) is 0 Å². The van der Waals surface area contributed by atoms with Gasteiger partial charge in [0.05, 0.1) is 6.04 Å². The minimum atomic E-state index is -5.18. The summed E-state index contributed by atoms with van der Waals surface area (Å²) in [5, 5.41) is 23.8. The number of carbonyl (C=O) groups excluding carboxylic acids is 3. The average molecular weight is 506 g/mol. The molecular formula is C23H34F3N3O6. The molecule has 0 bridgehead atoms. The molecule has 1 aliphatic heterocycles. The van der Waals surface area contributed by atoms with E-state index in [0.717, 1.165) is 12.8 Å². The number of piperidine rings is 1. The summed E-state index contributed by atoms with van der Waals surface area (Å²) in [7, 11) is 0. The summed E-state index contributed by atoms with van der Waals surface area (Å²) in [4.78, 5) is 51.1. The zero-order chi connectivity index (χ0) is 26.7. The van der Waals surface area contributed by atoms with Crippen molar-refractivity contribution < 1.29 is 42.6 Å². The third-order valence-electron chi connectivity index (χ3n) is 7.65. The standard InChI is InChI=1S/C23H34F3N3O6/c1-21(2,3)16(28-20(35)23(24,25)26)18(32)29-9-11-13(22(11,4)5)14(29)17(31)27-12(8-10-6-7-10)15(30)19(33)34/h10-16,30H,6-9H2,1-5H3,(H,27,31)(H,28,35)(H,33,34)/t11-,12?,13-,14-,15?,16+/m0/s1. The molecule has 9 nitrogen and oxygen atoms in total. The van der Waals surface area contributed by atoms with Crippen LogP contribution in [0.2, 0.25) is 0 Å². The molecule has 3 aliphatic rings. The Balaban J connectivity index is 1.85. The molecule has 0 aromatic heterocycles. The third-order valence-corrected chi connectivity index (χ3v) is 7.65. The fourth-order valence-electron chi connectivity index (χ4n) is 5.26. The van der Waals surface area contributed by atoms with Gasteiger partial charge in [-0.2, -0.15) is 13.2 Å². The van der Waals surface area contributed by atoms with E-state index in [0.29, 0.717) is 0 Å². The van der Waals surface area contributed by atoms with Crippen LogP contribution in [0.5, 0.6) is 0 Å². The van der Waals surface area contributed by atoms with Gasteiger partial charge in [0.2, 0.25) is 11.8 Å². The first-order valence-electron chi connectivity index (χ1n) is 11.8. The van der Waals surface area contributed by atoms with Crippen molar-refractivity contribution in [1.29, 1.82) is 0 Å². The van der Waals surface area contributed by atoms with Crippen molar-refractivity contribution in [3.63, 3.8) is 0 Å². The fraction of sp³-hybridized carbons (Fsp3) is 0.826. The first-order valence-corrected chi connectivity index (χ1v) is 11.8. The van der Waals surface area contributed by atoms with Crippen LogP contribution in [-0.4, -0.2) is 75.8 Å². The molecule has 0 aromatic carbocycles. The number of carboxylic acids is 1. The Kier molecular flexibility index (Phi) is 6.95. The number of nitrogens with one attached hydrogen (secondary N) is 2. The maximum absolute atomic E-state index is 13.5. The average Bonchev–Trinajstić information content (AvgIpc) is 3.55. The van der Waals surface area contributed by atoms with Crippen LogP contribution in [0, 0.1) is 28.6 Å². The van der Waals surface area contributed by atoms with Crippen molar-refractivity contribution in [2.45, 2.75) is 84.3 Å². The number of nitrogens with zero attached hydrogens (tertiary/aromatic N) is 1. The van der Waals surface area contributed by atoms with Gasteiger partial charge in [-0.15, -0.1) is 0 Å². The number of fused-ring (bicyclic) bond motifs is 1. The van der Waals surface area contributed by atoms with Crippen LogP contribution >= 0.6 is 0 Å². The second-order valence-corrected chi connectivity index (χ2v) is 11.7. The quantitative estimate of drug-likeness (QED) is 0.393. The number of carboxylic acid groups (broad SMARTS) is 1. The molecule has 35 heavy (non-hydrogen) atoms. The predicted octanol–water partition coefficient (Wildman–Crippen LogP) is 1.29. The number of hydrogen-bond acceptors (Lipinski definition) is 5. The van der Waals surface area contributed by atoms with Crippen molar-refractivity contribution in [3.8, 4) is 0 Å². The first kappa shape index (κ1) is 27.2. The van der Waals surface area contributed by atoms with Gasteiger partial charge in [-0.3, -0.25) is 14.4 Å². The summed E-state index contributed by atoms with van der Waals surface area (Å²) in [6, 6.07) is -3.66. The van der Waals surface area contributed by atoms with Crippen LogP contribution < -0.4 is 10.6 Å². The Hall–Kier alpha value is -2.37. The second-order valence-electron chi connectivity index (χ2n) is 11.7. The van der Waals surface area contributed by atoms with Crippen LogP contribution in [0.4, 0.5) is 13.2 Å². The highest BCUT2D eigenvalue weighted by Crippen LogP contribution is 2.65. The van der Waals surface area contributed by atoms with E-state index in [1.165, 1.54) is 25.7 Å².